The first kappa shape index (κ1) is 18.1. The van der Waals surface area contributed by atoms with Crippen LogP contribution >= 0.6 is 0 Å². The molecule has 3 rings (SSSR count). The molecule has 1 aliphatic carbocycles. The summed E-state index contributed by atoms with van der Waals surface area (Å²) in [6.07, 6.45) is 6.33. The van der Waals surface area contributed by atoms with Crippen molar-refractivity contribution >= 4 is 6.03 Å². The van der Waals surface area contributed by atoms with Gasteiger partial charge in [-0.25, -0.2) is 4.79 Å². The molecule has 0 atom stereocenters. The third-order valence-electron chi connectivity index (χ3n) is 5.98. The second-order valence-electron chi connectivity index (χ2n) is 7.46. The number of para-hydroxylation sites is 1. The first-order valence-corrected chi connectivity index (χ1v) is 9.46. The number of piperidine rings is 1. The fourth-order valence-electron chi connectivity index (χ4n) is 4.35. The maximum atomic E-state index is 12.6. The van der Waals surface area contributed by atoms with Crippen LogP contribution in [0.25, 0.3) is 0 Å². The summed E-state index contributed by atoms with van der Waals surface area (Å²) in [4.78, 5) is 14.5. The minimum atomic E-state index is -0.0221. The number of methoxy groups -OCH3 is 1. The average Bonchev–Trinajstić information content (AvgIpc) is 3.16. The van der Waals surface area contributed by atoms with Crippen LogP contribution in [-0.2, 0) is 5.41 Å². The van der Waals surface area contributed by atoms with Gasteiger partial charge in [0.1, 0.15) is 5.75 Å². The fraction of sp³-hybridized carbons (Fsp3) is 0.650. The van der Waals surface area contributed by atoms with E-state index in [9.17, 15) is 9.90 Å². The van der Waals surface area contributed by atoms with Crippen molar-refractivity contribution in [2.24, 2.45) is 5.92 Å². The van der Waals surface area contributed by atoms with Gasteiger partial charge in [0, 0.05) is 37.2 Å². The second kappa shape index (κ2) is 8.09. The summed E-state index contributed by atoms with van der Waals surface area (Å²) in [7, 11) is 1.71. The van der Waals surface area contributed by atoms with Crippen LogP contribution in [0.2, 0.25) is 0 Å². The number of carbonyl (C=O) groups excluding carboxylic acids is 1. The summed E-state index contributed by atoms with van der Waals surface area (Å²) in [5, 5.41) is 12.4. The largest absolute Gasteiger partial charge is 0.496 e. The first-order valence-electron chi connectivity index (χ1n) is 9.46. The molecule has 1 aromatic rings. The van der Waals surface area contributed by atoms with E-state index in [4.69, 9.17) is 4.74 Å². The van der Waals surface area contributed by atoms with Crippen LogP contribution in [0.1, 0.15) is 44.1 Å². The van der Waals surface area contributed by atoms with E-state index in [0.29, 0.717) is 12.5 Å². The first-order chi connectivity index (χ1) is 12.2. The lowest BCUT2D eigenvalue weighted by molar-refractivity contribution is 0.136. The molecule has 2 N–H and O–H groups in total. The average molecular weight is 346 g/mol. The molecule has 0 radical (unpaired) electrons. The van der Waals surface area contributed by atoms with Crippen molar-refractivity contribution in [1.29, 1.82) is 0 Å². The smallest absolute Gasteiger partial charge is 0.317 e. The number of carbonyl (C=O) groups is 1. The quantitative estimate of drug-likeness (QED) is 0.862. The molecule has 1 aromatic carbocycles. The van der Waals surface area contributed by atoms with Crippen molar-refractivity contribution in [3.63, 3.8) is 0 Å². The van der Waals surface area contributed by atoms with Gasteiger partial charge >= 0.3 is 6.03 Å². The van der Waals surface area contributed by atoms with Gasteiger partial charge in [-0.15, -0.1) is 0 Å². The van der Waals surface area contributed by atoms with Crippen molar-refractivity contribution in [3.8, 4) is 5.75 Å². The van der Waals surface area contributed by atoms with Crippen LogP contribution in [-0.4, -0.2) is 49.4 Å². The van der Waals surface area contributed by atoms with Crippen molar-refractivity contribution in [1.82, 2.24) is 10.2 Å². The van der Waals surface area contributed by atoms with Crippen LogP contribution < -0.4 is 10.1 Å². The van der Waals surface area contributed by atoms with E-state index in [1.807, 2.05) is 17.0 Å². The molecule has 2 amide bonds. The lowest BCUT2D eigenvalue weighted by Gasteiger charge is -2.34. The zero-order valence-corrected chi connectivity index (χ0v) is 15.2. The van der Waals surface area contributed by atoms with Crippen molar-refractivity contribution in [2.45, 2.75) is 43.9 Å². The minimum absolute atomic E-state index is 0.0221. The number of nitrogens with zero attached hydrogens (tertiary/aromatic N) is 1. The summed E-state index contributed by atoms with van der Waals surface area (Å²) in [6.45, 7) is 2.36. The van der Waals surface area contributed by atoms with E-state index < -0.39 is 0 Å². The highest BCUT2D eigenvalue weighted by atomic mass is 16.5. The second-order valence-corrected chi connectivity index (χ2v) is 7.46. The molecular weight excluding hydrogens is 316 g/mol. The van der Waals surface area contributed by atoms with Crippen LogP contribution in [0.15, 0.2) is 24.3 Å². The molecule has 25 heavy (non-hydrogen) atoms. The number of benzene rings is 1. The molecule has 0 aromatic heterocycles. The van der Waals surface area contributed by atoms with Gasteiger partial charge in [-0.2, -0.15) is 0 Å². The molecule has 1 saturated carbocycles. The SMILES string of the molecule is COc1ccccc1C1(CNC(=O)N2CCC(CO)CC2)CCCC1. The van der Waals surface area contributed by atoms with E-state index in [1.54, 1.807) is 7.11 Å². The van der Waals surface area contributed by atoms with Crippen molar-refractivity contribution < 1.29 is 14.6 Å². The Morgan fingerprint density at radius 1 is 1.28 bits per heavy atom. The molecule has 2 fully saturated rings. The number of likely N-dealkylation sites (tertiary alicyclic amines) is 1. The highest BCUT2D eigenvalue weighted by Gasteiger charge is 2.38. The molecule has 0 bridgehead atoms. The van der Waals surface area contributed by atoms with Crippen LogP contribution in [0.5, 0.6) is 5.75 Å². The van der Waals surface area contributed by atoms with Crippen molar-refractivity contribution in [2.75, 3.05) is 33.4 Å². The van der Waals surface area contributed by atoms with Gasteiger partial charge < -0.3 is 20.1 Å². The van der Waals surface area contributed by atoms with E-state index in [1.165, 1.54) is 18.4 Å². The summed E-state index contributed by atoms with van der Waals surface area (Å²) in [6, 6.07) is 8.23. The zero-order chi connectivity index (χ0) is 17.7. The van der Waals surface area contributed by atoms with Crippen LogP contribution in [0.4, 0.5) is 4.79 Å². The van der Waals surface area contributed by atoms with E-state index in [0.717, 1.165) is 44.5 Å². The Hall–Kier alpha value is -1.75. The molecule has 5 nitrogen and oxygen atoms in total. The number of aliphatic hydroxyl groups is 1. The number of urea groups is 1. The zero-order valence-electron chi connectivity index (χ0n) is 15.2. The highest BCUT2D eigenvalue weighted by molar-refractivity contribution is 5.74. The Bertz CT molecular complexity index is 576. The normalized spacial score (nSPS) is 20.5. The standard InChI is InChI=1S/C20H30N2O3/c1-25-18-7-3-2-6-17(18)20(10-4-5-11-20)15-21-19(24)22-12-8-16(14-23)9-13-22/h2-3,6-7,16,23H,4-5,8-15H2,1H3,(H,21,24). The maximum Gasteiger partial charge on any atom is 0.317 e. The van der Waals surface area contributed by atoms with Gasteiger partial charge in [0.2, 0.25) is 0 Å². The summed E-state index contributed by atoms with van der Waals surface area (Å²) in [5.41, 5.74) is 1.19. The highest BCUT2D eigenvalue weighted by Crippen LogP contribution is 2.44. The number of amides is 2. The predicted octanol–water partition coefficient (Wildman–Crippen LogP) is 2.92. The summed E-state index contributed by atoms with van der Waals surface area (Å²) < 4.78 is 5.58. The van der Waals surface area contributed by atoms with Gasteiger partial charge in [0.25, 0.3) is 0 Å². The number of nitrogens with one attached hydrogen (secondary N) is 1. The number of ether oxygens (including phenoxy) is 1. The molecular formula is C20H30N2O3. The maximum absolute atomic E-state index is 12.6. The third kappa shape index (κ3) is 3.92. The van der Waals surface area contributed by atoms with Gasteiger partial charge in [0.15, 0.2) is 0 Å². The molecule has 5 heteroatoms. The lowest BCUT2D eigenvalue weighted by atomic mass is 9.78. The van der Waals surface area contributed by atoms with Gasteiger partial charge in [-0.3, -0.25) is 0 Å². The Morgan fingerprint density at radius 3 is 2.60 bits per heavy atom. The van der Waals surface area contributed by atoms with Gasteiger partial charge in [0.05, 0.1) is 7.11 Å². The van der Waals surface area contributed by atoms with E-state index in [-0.39, 0.29) is 18.1 Å². The number of hydrogen-bond acceptors (Lipinski definition) is 3. The van der Waals surface area contributed by atoms with Crippen molar-refractivity contribution in [3.05, 3.63) is 29.8 Å². The molecule has 138 valence electrons. The lowest BCUT2D eigenvalue weighted by Crippen LogP contribution is -2.48. The summed E-state index contributed by atoms with van der Waals surface area (Å²) >= 11 is 0. The topological polar surface area (TPSA) is 61.8 Å². The number of hydrogen-bond donors (Lipinski definition) is 2. The Kier molecular flexibility index (Phi) is 5.84. The van der Waals surface area contributed by atoms with E-state index in [2.05, 4.69) is 17.4 Å². The van der Waals surface area contributed by atoms with Crippen LogP contribution in [0, 0.1) is 5.92 Å². The van der Waals surface area contributed by atoms with Gasteiger partial charge in [-0.05, 0) is 37.7 Å². The Labute approximate surface area is 150 Å². The molecule has 1 aliphatic heterocycles. The van der Waals surface area contributed by atoms with Gasteiger partial charge in [-0.1, -0.05) is 31.0 Å². The Balaban J connectivity index is 1.66. The third-order valence-corrected chi connectivity index (χ3v) is 5.98. The molecule has 2 aliphatic rings. The molecule has 1 heterocycles. The van der Waals surface area contributed by atoms with E-state index >= 15 is 0 Å². The number of rotatable bonds is 5. The number of aliphatic hydroxyl groups excluding tert-OH is 1. The molecule has 0 spiro atoms. The fourth-order valence-corrected chi connectivity index (χ4v) is 4.35. The van der Waals surface area contributed by atoms with Crippen LogP contribution in [0.3, 0.4) is 0 Å². The molecule has 1 saturated heterocycles. The Morgan fingerprint density at radius 2 is 1.96 bits per heavy atom. The molecule has 0 unspecified atom stereocenters. The summed E-state index contributed by atoms with van der Waals surface area (Å²) in [5.74, 6) is 1.27. The monoisotopic (exact) mass is 346 g/mol. The minimum Gasteiger partial charge on any atom is -0.496 e. The predicted molar refractivity (Wildman–Crippen MR) is 97.9 cm³/mol.